The van der Waals surface area contributed by atoms with Crippen molar-refractivity contribution in [3.8, 4) is 11.8 Å². The summed E-state index contributed by atoms with van der Waals surface area (Å²) in [7, 11) is 0. The van der Waals surface area contributed by atoms with Crippen LogP contribution in [0.15, 0.2) is 60.2 Å². The van der Waals surface area contributed by atoms with Crippen molar-refractivity contribution in [3.63, 3.8) is 0 Å². The van der Waals surface area contributed by atoms with Gasteiger partial charge in [0.1, 0.15) is 13.2 Å². The molecule has 1 saturated heterocycles. The van der Waals surface area contributed by atoms with E-state index >= 15 is 0 Å². The summed E-state index contributed by atoms with van der Waals surface area (Å²) in [5.41, 5.74) is 4.59. The van der Waals surface area contributed by atoms with Gasteiger partial charge < -0.3 is 23.7 Å². The van der Waals surface area contributed by atoms with E-state index in [-0.39, 0.29) is 37.2 Å². The standard InChI is InChI=1S/C39H50O8/c1-31(2)24-28-44-36(40)11-5-3-8-25-43-38(42)29-34-20-16-32(17-21-34)14-15-33-18-22-35(23-19-33)30-47-37(41)12-6-4-9-26-45-39-13-7-10-27-46-39/h16-24,39H,3-13,25-30H2,1-2H3. The molecule has 2 aromatic carbocycles. The van der Waals surface area contributed by atoms with Crippen LogP contribution in [0.1, 0.15) is 107 Å². The molecule has 47 heavy (non-hydrogen) atoms. The van der Waals surface area contributed by atoms with Crippen LogP contribution in [0, 0.1) is 11.8 Å². The van der Waals surface area contributed by atoms with Crippen molar-refractivity contribution in [2.24, 2.45) is 0 Å². The molecule has 1 aliphatic heterocycles. The number of esters is 3. The molecule has 0 aliphatic carbocycles. The third-order valence-corrected chi connectivity index (χ3v) is 7.50. The molecular weight excluding hydrogens is 596 g/mol. The molecule has 1 atom stereocenters. The zero-order chi connectivity index (χ0) is 33.5. The van der Waals surface area contributed by atoms with Crippen LogP contribution in [0.4, 0.5) is 0 Å². The number of benzene rings is 2. The molecule has 0 radical (unpaired) electrons. The van der Waals surface area contributed by atoms with Crippen LogP contribution in [0.25, 0.3) is 0 Å². The molecular formula is C39H50O8. The van der Waals surface area contributed by atoms with E-state index in [2.05, 4.69) is 11.8 Å². The summed E-state index contributed by atoms with van der Waals surface area (Å²) in [6, 6.07) is 15.2. The number of allylic oxidation sites excluding steroid dienone is 1. The van der Waals surface area contributed by atoms with Crippen molar-refractivity contribution < 1.29 is 38.1 Å². The largest absolute Gasteiger partial charge is 0.465 e. The summed E-state index contributed by atoms with van der Waals surface area (Å²) >= 11 is 0. The Morgan fingerprint density at radius 1 is 0.723 bits per heavy atom. The fraction of sp³-hybridized carbons (Fsp3) is 0.513. The van der Waals surface area contributed by atoms with Crippen LogP contribution in [0.3, 0.4) is 0 Å². The second-order valence-electron chi connectivity index (χ2n) is 12.0. The van der Waals surface area contributed by atoms with Crippen molar-refractivity contribution >= 4 is 17.9 Å². The maximum Gasteiger partial charge on any atom is 0.310 e. The Kier molecular flexibility index (Phi) is 18.0. The Labute approximate surface area is 280 Å². The van der Waals surface area contributed by atoms with Gasteiger partial charge in [-0.3, -0.25) is 14.4 Å². The fourth-order valence-electron chi connectivity index (χ4n) is 4.70. The maximum atomic E-state index is 12.2. The van der Waals surface area contributed by atoms with Crippen LogP contribution >= 0.6 is 0 Å². The number of ether oxygens (including phenoxy) is 5. The van der Waals surface area contributed by atoms with Gasteiger partial charge in [0.05, 0.1) is 13.0 Å². The van der Waals surface area contributed by atoms with Gasteiger partial charge in [-0.25, -0.2) is 0 Å². The minimum absolute atomic E-state index is 0.0560. The lowest BCUT2D eigenvalue weighted by Gasteiger charge is -2.22. The van der Waals surface area contributed by atoms with Crippen LogP contribution in [0.2, 0.25) is 0 Å². The van der Waals surface area contributed by atoms with E-state index in [0.717, 1.165) is 79.4 Å². The normalized spacial score (nSPS) is 14.0. The zero-order valence-corrected chi connectivity index (χ0v) is 28.1. The molecule has 3 rings (SSSR count). The van der Waals surface area contributed by atoms with Gasteiger partial charge in [0.25, 0.3) is 0 Å². The van der Waals surface area contributed by atoms with Crippen molar-refractivity contribution in [3.05, 3.63) is 82.4 Å². The van der Waals surface area contributed by atoms with E-state index in [4.69, 9.17) is 23.7 Å². The molecule has 1 aliphatic rings. The Morgan fingerprint density at radius 3 is 1.96 bits per heavy atom. The number of hydrogen-bond donors (Lipinski definition) is 0. The number of carbonyl (C=O) groups excluding carboxylic acids is 3. The SMILES string of the molecule is CC(C)=CCOC(=O)CCCCCOC(=O)Cc1ccc(C#Cc2ccc(COC(=O)CCCCCOC3CCCCO3)cc2)cc1. The number of unbranched alkanes of at least 4 members (excludes halogenated alkanes) is 4. The van der Waals surface area contributed by atoms with Gasteiger partial charge in [0, 0.05) is 37.2 Å². The maximum absolute atomic E-state index is 12.2. The van der Waals surface area contributed by atoms with E-state index in [1.807, 2.05) is 68.5 Å². The van der Waals surface area contributed by atoms with E-state index in [0.29, 0.717) is 45.5 Å². The first kappa shape index (κ1) is 37.5. The van der Waals surface area contributed by atoms with E-state index < -0.39 is 0 Å². The van der Waals surface area contributed by atoms with Gasteiger partial charge in [-0.05, 0) is 107 Å². The Hall–Kier alpha value is -3.93. The molecule has 0 amide bonds. The van der Waals surface area contributed by atoms with Crippen molar-refractivity contribution in [1.29, 1.82) is 0 Å². The molecule has 0 saturated carbocycles. The summed E-state index contributed by atoms with van der Waals surface area (Å²) < 4.78 is 27.2. The van der Waals surface area contributed by atoms with Crippen molar-refractivity contribution in [2.75, 3.05) is 26.4 Å². The van der Waals surface area contributed by atoms with E-state index in [9.17, 15) is 14.4 Å². The zero-order valence-electron chi connectivity index (χ0n) is 28.1. The molecule has 1 fully saturated rings. The highest BCUT2D eigenvalue weighted by atomic mass is 16.7. The van der Waals surface area contributed by atoms with Gasteiger partial charge >= 0.3 is 17.9 Å². The first-order valence-electron chi connectivity index (χ1n) is 16.9. The minimum atomic E-state index is -0.276. The Balaban J connectivity index is 1.24. The van der Waals surface area contributed by atoms with Crippen LogP contribution < -0.4 is 0 Å². The van der Waals surface area contributed by atoms with Gasteiger partial charge in [0.2, 0.25) is 0 Å². The third kappa shape index (κ3) is 17.5. The predicted molar refractivity (Wildman–Crippen MR) is 180 cm³/mol. The highest BCUT2D eigenvalue weighted by molar-refractivity contribution is 5.72. The molecule has 1 unspecified atom stereocenters. The Morgan fingerprint density at radius 2 is 1.34 bits per heavy atom. The highest BCUT2D eigenvalue weighted by Gasteiger charge is 2.13. The topological polar surface area (TPSA) is 97.4 Å². The second kappa shape index (κ2) is 22.6. The number of rotatable bonds is 19. The molecule has 0 N–H and O–H groups in total. The molecule has 0 spiro atoms. The van der Waals surface area contributed by atoms with Crippen LogP contribution in [0.5, 0.6) is 0 Å². The quantitative estimate of drug-likeness (QED) is 0.0513. The fourth-order valence-corrected chi connectivity index (χ4v) is 4.70. The summed E-state index contributed by atoms with van der Waals surface area (Å²) in [5.74, 6) is 5.62. The lowest BCUT2D eigenvalue weighted by molar-refractivity contribution is -0.163. The Bertz CT molecular complexity index is 1310. The van der Waals surface area contributed by atoms with Gasteiger partial charge in [-0.1, -0.05) is 48.1 Å². The lowest BCUT2D eigenvalue weighted by Crippen LogP contribution is -2.22. The molecule has 254 valence electrons. The highest BCUT2D eigenvalue weighted by Crippen LogP contribution is 2.15. The monoisotopic (exact) mass is 646 g/mol. The molecule has 2 aromatic rings. The molecule has 0 bridgehead atoms. The average Bonchev–Trinajstić information content (AvgIpc) is 3.07. The molecule has 0 aromatic heterocycles. The first-order valence-corrected chi connectivity index (χ1v) is 16.9. The van der Waals surface area contributed by atoms with E-state index in [1.54, 1.807) is 0 Å². The smallest absolute Gasteiger partial charge is 0.310 e. The number of hydrogen-bond acceptors (Lipinski definition) is 8. The minimum Gasteiger partial charge on any atom is -0.465 e. The third-order valence-electron chi connectivity index (χ3n) is 7.50. The average molecular weight is 647 g/mol. The van der Waals surface area contributed by atoms with Crippen molar-refractivity contribution in [2.45, 2.75) is 104 Å². The summed E-state index contributed by atoms with van der Waals surface area (Å²) in [6.45, 7) is 6.27. The lowest BCUT2D eigenvalue weighted by atomic mass is 10.1. The van der Waals surface area contributed by atoms with Gasteiger partial charge in [-0.15, -0.1) is 0 Å². The summed E-state index contributed by atoms with van der Waals surface area (Å²) in [6.07, 6.45) is 10.9. The molecule has 8 nitrogen and oxygen atoms in total. The van der Waals surface area contributed by atoms with Gasteiger partial charge in [-0.2, -0.15) is 0 Å². The number of carbonyl (C=O) groups is 3. The summed E-state index contributed by atoms with van der Waals surface area (Å²) in [4.78, 5) is 36.0. The van der Waals surface area contributed by atoms with Crippen molar-refractivity contribution in [1.82, 2.24) is 0 Å². The first-order chi connectivity index (χ1) is 22.9. The molecule has 1 heterocycles. The molecule has 8 heteroatoms. The van der Waals surface area contributed by atoms with Gasteiger partial charge in [0.15, 0.2) is 6.29 Å². The van der Waals surface area contributed by atoms with Crippen LogP contribution in [-0.4, -0.2) is 50.6 Å². The van der Waals surface area contributed by atoms with E-state index in [1.165, 1.54) is 0 Å². The predicted octanol–water partition coefficient (Wildman–Crippen LogP) is 7.39. The second-order valence-corrected chi connectivity index (χ2v) is 12.0. The van der Waals surface area contributed by atoms with Crippen LogP contribution in [-0.2, 0) is 51.1 Å². The summed E-state index contributed by atoms with van der Waals surface area (Å²) in [5, 5.41) is 0.